The summed E-state index contributed by atoms with van der Waals surface area (Å²) < 4.78 is 28.5. The monoisotopic (exact) mass is 609 g/mol. The molecule has 0 aliphatic rings. The smallest absolute Gasteiger partial charge is 0.264 e. The van der Waals surface area contributed by atoms with E-state index in [2.05, 4.69) is 5.32 Å². The van der Waals surface area contributed by atoms with Gasteiger partial charge in [0.2, 0.25) is 11.8 Å². The molecular formula is C28H30Cl3N3O4S. The Kier molecular flexibility index (Phi) is 9.93. The maximum atomic E-state index is 14.0. The quantitative estimate of drug-likeness (QED) is 0.314. The van der Waals surface area contributed by atoms with E-state index in [-0.39, 0.29) is 22.2 Å². The summed E-state index contributed by atoms with van der Waals surface area (Å²) in [5, 5.41) is 3.63. The second-order valence-corrected chi connectivity index (χ2v) is 13.0. The SMILES string of the molecule is CC(C(=O)NC(C)(C)C)N(Cc1c(Cl)cccc1Cl)C(=O)CN(c1ccccc1Cl)S(=O)(=O)c1ccccc1. The Hall–Kier alpha value is -2.78. The molecule has 0 saturated carbocycles. The molecule has 3 aromatic carbocycles. The molecular weight excluding hydrogens is 581 g/mol. The average molecular weight is 611 g/mol. The molecule has 208 valence electrons. The Bertz CT molecular complexity index is 1420. The molecule has 1 N–H and O–H groups in total. The standard InChI is InChI=1S/C28H30Cl3N3O4S/c1-19(27(36)32-28(2,3)4)33(17-21-22(29)14-10-15-23(21)30)26(35)18-34(25-16-9-8-13-24(25)31)39(37,38)20-11-6-5-7-12-20/h5-16,19H,17-18H2,1-4H3,(H,32,36). The van der Waals surface area contributed by atoms with Crippen molar-refractivity contribution in [2.45, 2.75) is 50.7 Å². The zero-order chi connectivity index (χ0) is 29.0. The molecule has 0 fully saturated rings. The molecule has 7 nitrogen and oxygen atoms in total. The molecule has 0 heterocycles. The summed E-state index contributed by atoms with van der Waals surface area (Å²) in [7, 11) is -4.22. The number of hydrogen-bond acceptors (Lipinski definition) is 4. The van der Waals surface area contributed by atoms with Crippen LogP contribution >= 0.6 is 34.8 Å². The van der Waals surface area contributed by atoms with E-state index in [9.17, 15) is 18.0 Å². The van der Waals surface area contributed by atoms with Gasteiger partial charge in [-0.3, -0.25) is 13.9 Å². The van der Waals surface area contributed by atoms with Gasteiger partial charge in [-0.05, 0) is 64.1 Å². The zero-order valence-corrected chi connectivity index (χ0v) is 25.1. The van der Waals surface area contributed by atoms with Crippen LogP contribution in [-0.2, 0) is 26.2 Å². The van der Waals surface area contributed by atoms with Crippen LogP contribution in [0.5, 0.6) is 0 Å². The van der Waals surface area contributed by atoms with Crippen molar-refractivity contribution in [3.8, 4) is 0 Å². The molecule has 0 saturated heterocycles. The molecule has 1 unspecified atom stereocenters. The highest BCUT2D eigenvalue weighted by Crippen LogP contribution is 2.31. The lowest BCUT2D eigenvalue weighted by Gasteiger charge is -2.34. The van der Waals surface area contributed by atoms with Gasteiger partial charge in [-0.1, -0.05) is 71.2 Å². The number of halogens is 3. The molecule has 11 heteroatoms. The lowest BCUT2D eigenvalue weighted by atomic mass is 10.1. The van der Waals surface area contributed by atoms with Crippen LogP contribution in [-0.4, -0.2) is 43.3 Å². The maximum Gasteiger partial charge on any atom is 0.264 e. The van der Waals surface area contributed by atoms with Gasteiger partial charge in [-0.25, -0.2) is 8.42 Å². The molecule has 0 bridgehead atoms. The van der Waals surface area contributed by atoms with E-state index in [1.807, 2.05) is 20.8 Å². The number of amides is 2. The summed E-state index contributed by atoms with van der Waals surface area (Å²) in [5.41, 5.74) is -0.0128. The fourth-order valence-electron chi connectivity index (χ4n) is 3.80. The highest BCUT2D eigenvalue weighted by atomic mass is 35.5. The normalized spacial score (nSPS) is 12.5. The van der Waals surface area contributed by atoms with Crippen molar-refractivity contribution in [2.75, 3.05) is 10.8 Å². The van der Waals surface area contributed by atoms with E-state index in [0.717, 1.165) is 4.31 Å². The van der Waals surface area contributed by atoms with E-state index >= 15 is 0 Å². The van der Waals surface area contributed by atoms with Crippen LogP contribution in [0.2, 0.25) is 15.1 Å². The number of carbonyl (C=O) groups is 2. The number of para-hydroxylation sites is 1. The number of sulfonamides is 1. The second-order valence-electron chi connectivity index (χ2n) is 9.91. The molecule has 3 rings (SSSR count). The number of benzene rings is 3. The molecule has 3 aromatic rings. The van der Waals surface area contributed by atoms with Crippen LogP contribution in [0.3, 0.4) is 0 Å². The number of nitrogens with zero attached hydrogens (tertiary/aromatic N) is 2. The zero-order valence-electron chi connectivity index (χ0n) is 22.0. The number of anilines is 1. The van der Waals surface area contributed by atoms with Crippen LogP contribution in [0.1, 0.15) is 33.3 Å². The molecule has 39 heavy (non-hydrogen) atoms. The Morgan fingerprint density at radius 1 is 0.846 bits per heavy atom. The van der Waals surface area contributed by atoms with E-state index in [1.54, 1.807) is 55.5 Å². The van der Waals surface area contributed by atoms with E-state index in [0.29, 0.717) is 15.6 Å². The summed E-state index contributed by atoms with van der Waals surface area (Å²) >= 11 is 19.2. The molecule has 0 aromatic heterocycles. The van der Waals surface area contributed by atoms with Crippen LogP contribution in [0.15, 0.2) is 77.7 Å². The maximum absolute atomic E-state index is 14.0. The van der Waals surface area contributed by atoms with E-state index in [1.165, 1.54) is 29.2 Å². The van der Waals surface area contributed by atoms with Gasteiger partial charge >= 0.3 is 0 Å². The predicted molar refractivity (Wildman–Crippen MR) is 157 cm³/mol. The summed E-state index contributed by atoms with van der Waals surface area (Å²) in [6.07, 6.45) is 0. The lowest BCUT2D eigenvalue weighted by Crippen LogP contribution is -2.54. The Labute approximate surface area is 244 Å². The van der Waals surface area contributed by atoms with Crippen molar-refractivity contribution in [3.63, 3.8) is 0 Å². The van der Waals surface area contributed by atoms with Crippen molar-refractivity contribution in [1.82, 2.24) is 10.2 Å². The summed E-state index contributed by atoms with van der Waals surface area (Å²) in [4.78, 5) is 28.4. The van der Waals surface area contributed by atoms with Gasteiger partial charge in [0.05, 0.1) is 15.6 Å². The summed E-state index contributed by atoms with van der Waals surface area (Å²) in [6, 6.07) is 18.0. The third-order valence-electron chi connectivity index (χ3n) is 5.79. The number of carbonyl (C=O) groups excluding carboxylic acids is 2. The highest BCUT2D eigenvalue weighted by molar-refractivity contribution is 7.92. The number of rotatable bonds is 9. The molecule has 0 aliphatic heterocycles. The minimum Gasteiger partial charge on any atom is -0.350 e. The van der Waals surface area contributed by atoms with E-state index < -0.39 is 40.0 Å². The molecule has 2 amide bonds. The lowest BCUT2D eigenvalue weighted by molar-refractivity contribution is -0.140. The van der Waals surface area contributed by atoms with Gasteiger partial charge in [-0.15, -0.1) is 0 Å². The molecule has 0 aliphatic carbocycles. The third kappa shape index (κ3) is 7.66. The Balaban J connectivity index is 2.08. The van der Waals surface area contributed by atoms with Crippen LogP contribution < -0.4 is 9.62 Å². The Morgan fingerprint density at radius 2 is 1.38 bits per heavy atom. The average Bonchev–Trinajstić information content (AvgIpc) is 2.86. The fraction of sp³-hybridized carbons (Fsp3) is 0.286. The third-order valence-corrected chi connectivity index (χ3v) is 8.59. The van der Waals surface area contributed by atoms with Crippen molar-refractivity contribution in [2.24, 2.45) is 0 Å². The predicted octanol–water partition coefficient (Wildman–Crippen LogP) is 6.17. The fourth-order valence-corrected chi connectivity index (χ4v) is 6.06. The number of nitrogens with one attached hydrogen (secondary N) is 1. The van der Waals surface area contributed by atoms with Crippen LogP contribution in [0.25, 0.3) is 0 Å². The van der Waals surface area contributed by atoms with E-state index in [4.69, 9.17) is 34.8 Å². The minimum atomic E-state index is -4.22. The first-order valence-corrected chi connectivity index (χ1v) is 14.7. The second kappa shape index (κ2) is 12.6. The van der Waals surface area contributed by atoms with Gasteiger partial charge in [0.25, 0.3) is 10.0 Å². The molecule has 0 radical (unpaired) electrons. The van der Waals surface area contributed by atoms with Crippen molar-refractivity contribution in [1.29, 1.82) is 0 Å². The molecule has 1 atom stereocenters. The summed E-state index contributed by atoms with van der Waals surface area (Å²) in [5.74, 6) is -1.07. The van der Waals surface area contributed by atoms with Crippen LogP contribution in [0.4, 0.5) is 5.69 Å². The van der Waals surface area contributed by atoms with Gasteiger partial charge < -0.3 is 10.2 Å². The van der Waals surface area contributed by atoms with Gasteiger partial charge in [0, 0.05) is 27.7 Å². The summed E-state index contributed by atoms with van der Waals surface area (Å²) in [6.45, 7) is 6.27. The topological polar surface area (TPSA) is 86.8 Å². The van der Waals surface area contributed by atoms with Gasteiger partial charge in [0.1, 0.15) is 12.6 Å². The molecule has 0 spiro atoms. The minimum absolute atomic E-state index is 0.0167. The first kappa shape index (κ1) is 30.8. The first-order chi connectivity index (χ1) is 18.2. The van der Waals surface area contributed by atoms with Crippen molar-refractivity contribution < 1.29 is 18.0 Å². The Morgan fingerprint density at radius 3 is 1.95 bits per heavy atom. The largest absolute Gasteiger partial charge is 0.350 e. The van der Waals surface area contributed by atoms with Crippen LogP contribution in [0, 0.1) is 0 Å². The van der Waals surface area contributed by atoms with Gasteiger partial charge in [0.15, 0.2) is 0 Å². The highest BCUT2D eigenvalue weighted by Gasteiger charge is 2.34. The van der Waals surface area contributed by atoms with Gasteiger partial charge in [-0.2, -0.15) is 0 Å². The first-order valence-electron chi connectivity index (χ1n) is 12.1. The van der Waals surface area contributed by atoms with Crippen molar-refractivity contribution >= 4 is 62.3 Å². The van der Waals surface area contributed by atoms with Crippen molar-refractivity contribution in [3.05, 3.63) is 93.4 Å². The number of hydrogen-bond donors (Lipinski definition) is 1.